The van der Waals surface area contributed by atoms with Gasteiger partial charge in [-0.15, -0.1) is 0 Å². The van der Waals surface area contributed by atoms with E-state index >= 15 is 0 Å². The van der Waals surface area contributed by atoms with Crippen LogP contribution in [0.4, 0.5) is 4.39 Å². The van der Waals surface area contributed by atoms with Crippen molar-refractivity contribution in [3.63, 3.8) is 0 Å². The number of halogens is 1. The third-order valence-electron chi connectivity index (χ3n) is 4.82. The molecule has 2 amide bonds. The van der Waals surface area contributed by atoms with Gasteiger partial charge in [-0.3, -0.25) is 14.3 Å². The minimum Gasteiger partial charge on any atom is -0.423 e. The maximum Gasteiger partial charge on any atom is 0.488 e. The third kappa shape index (κ3) is 3.86. The average molecular weight is 374 g/mol. The standard InChI is InChI=1S/C17H20BFN4O4/c1-22-9-11(8-21-22)16-10(5-15(24)23(16)2)7-20-17(25)13-6-12(18(26)27)3-4-14(13)19/h3-4,6,8-10,16,26-27H,5,7H2,1-2H3,(H,20,25)/t10-,16+/m1/s1. The molecule has 1 aliphatic heterocycles. The molecule has 27 heavy (non-hydrogen) atoms. The highest BCUT2D eigenvalue weighted by molar-refractivity contribution is 6.58. The highest BCUT2D eigenvalue weighted by Crippen LogP contribution is 2.36. The molecule has 0 bridgehead atoms. The molecule has 0 aliphatic carbocycles. The van der Waals surface area contributed by atoms with Gasteiger partial charge in [-0.2, -0.15) is 5.10 Å². The van der Waals surface area contributed by atoms with Gasteiger partial charge in [-0.1, -0.05) is 6.07 Å². The molecule has 3 N–H and O–H groups in total. The van der Waals surface area contributed by atoms with Gasteiger partial charge in [0.25, 0.3) is 5.91 Å². The first-order valence-electron chi connectivity index (χ1n) is 8.46. The average Bonchev–Trinajstić information content (AvgIpc) is 3.16. The Morgan fingerprint density at radius 1 is 1.41 bits per heavy atom. The molecule has 1 aliphatic rings. The van der Waals surface area contributed by atoms with Crippen molar-refractivity contribution in [1.82, 2.24) is 20.0 Å². The number of likely N-dealkylation sites (tertiary alicyclic amines) is 1. The van der Waals surface area contributed by atoms with Gasteiger partial charge in [0.2, 0.25) is 5.91 Å². The normalized spacial score (nSPS) is 19.4. The zero-order valence-electron chi connectivity index (χ0n) is 15.0. The summed E-state index contributed by atoms with van der Waals surface area (Å²) in [6, 6.07) is 3.07. The minimum absolute atomic E-state index is 0.0190. The van der Waals surface area contributed by atoms with Gasteiger partial charge in [0.15, 0.2) is 0 Å². The molecule has 3 rings (SSSR count). The number of hydrogen-bond donors (Lipinski definition) is 3. The largest absolute Gasteiger partial charge is 0.488 e. The molecule has 10 heteroatoms. The number of carbonyl (C=O) groups excluding carboxylic acids is 2. The molecule has 8 nitrogen and oxygen atoms in total. The topological polar surface area (TPSA) is 108 Å². The fourth-order valence-electron chi connectivity index (χ4n) is 3.42. The minimum atomic E-state index is -1.80. The predicted molar refractivity (Wildman–Crippen MR) is 95.4 cm³/mol. The molecule has 0 saturated carbocycles. The monoisotopic (exact) mass is 374 g/mol. The van der Waals surface area contributed by atoms with E-state index in [9.17, 15) is 24.0 Å². The molecule has 1 aromatic carbocycles. The summed E-state index contributed by atoms with van der Waals surface area (Å²) in [6.45, 7) is 0.166. The molecule has 2 heterocycles. The van der Waals surface area contributed by atoms with Crippen molar-refractivity contribution >= 4 is 24.4 Å². The summed E-state index contributed by atoms with van der Waals surface area (Å²) < 4.78 is 15.6. The van der Waals surface area contributed by atoms with Crippen LogP contribution in [0.3, 0.4) is 0 Å². The summed E-state index contributed by atoms with van der Waals surface area (Å²) in [5.74, 6) is -1.67. The molecule has 0 unspecified atom stereocenters. The lowest BCUT2D eigenvalue weighted by atomic mass is 9.79. The van der Waals surface area contributed by atoms with Gasteiger partial charge in [0.1, 0.15) is 5.82 Å². The molecule has 142 valence electrons. The Hall–Kier alpha value is -2.72. The first kappa shape index (κ1) is 19.1. The summed E-state index contributed by atoms with van der Waals surface area (Å²) in [5.41, 5.74) is 0.600. The van der Waals surface area contributed by atoms with Crippen molar-refractivity contribution in [3.05, 3.63) is 47.5 Å². The fraction of sp³-hybridized carbons (Fsp3) is 0.353. The quantitative estimate of drug-likeness (QED) is 0.594. The molecule has 0 spiro atoms. The van der Waals surface area contributed by atoms with Gasteiger partial charge < -0.3 is 20.3 Å². The van der Waals surface area contributed by atoms with E-state index in [2.05, 4.69) is 10.4 Å². The number of aryl methyl sites for hydroxylation is 1. The van der Waals surface area contributed by atoms with Crippen molar-refractivity contribution in [1.29, 1.82) is 0 Å². The third-order valence-corrected chi connectivity index (χ3v) is 4.82. The number of carbonyl (C=O) groups is 2. The summed E-state index contributed by atoms with van der Waals surface area (Å²) in [5, 5.41) is 25.2. The second kappa shape index (κ2) is 7.49. The zero-order valence-corrected chi connectivity index (χ0v) is 15.0. The van der Waals surface area contributed by atoms with Crippen molar-refractivity contribution in [2.24, 2.45) is 13.0 Å². The number of aromatic nitrogens is 2. The first-order valence-corrected chi connectivity index (χ1v) is 8.46. The fourth-order valence-corrected chi connectivity index (χ4v) is 3.42. The van der Waals surface area contributed by atoms with Crippen molar-refractivity contribution in [2.45, 2.75) is 12.5 Å². The molecule has 1 aromatic heterocycles. The maximum absolute atomic E-state index is 14.0. The Morgan fingerprint density at radius 3 is 2.78 bits per heavy atom. The maximum atomic E-state index is 14.0. The lowest BCUT2D eigenvalue weighted by Crippen LogP contribution is -2.35. The first-order chi connectivity index (χ1) is 12.8. The number of nitrogens with zero attached hydrogens (tertiary/aromatic N) is 3. The zero-order chi connectivity index (χ0) is 19.7. The summed E-state index contributed by atoms with van der Waals surface area (Å²) >= 11 is 0. The van der Waals surface area contributed by atoms with E-state index in [0.717, 1.165) is 17.7 Å². The van der Waals surface area contributed by atoms with Gasteiger partial charge in [-0.25, -0.2) is 4.39 Å². The predicted octanol–water partition coefficient (Wildman–Crippen LogP) is -0.812. The van der Waals surface area contributed by atoms with Gasteiger partial charge >= 0.3 is 7.12 Å². The molecule has 2 atom stereocenters. The van der Waals surface area contributed by atoms with E-state index in [1.54, 1.807) is 29.9 Å². The smallest absolute Gasteiger partial charge is 0.423 e. The van der Waals surface area contributed by atoms with Crippen LogP contribution in [0.25, 0.3) is 0 Å². The van der Waals surface area contributed by atoms with E-state index in [-0.39, 0.29) is 41.9 Å². The summed E-state index contributed by atoms with van der Waals surface area (Å²) in [6.07, 6.45) is 3.76. The van der Waals surface area contributed by atoms with Gasteiger partial charge in [0, 0.05) is 44.7 Å². The SMILES string of the molecule is CN1C(=O)C[C@H](CNC(=O)c2cc(B(O)O)ccc2F)[C@H]1c1cnn(C)c1. The number of benzene rings is 1. The summed E-state index contributed by atoms with van der Waals surface area (Å²) in [4.78, 5) is 26.1. The Balaban J connectivity index is 1.74. The van der Waals surface area contributed by atoms with E-state index in [0.29, 0.717) is 0 Å². The van der Waals surface area contributed by atoms with Crippen LogP contribution < -0.4 is 10.8 Å². The van der Waals surface area contributed by atoms with Crippen LogP contribution in [-0.4, -0.2) is 57.3 Å². The molecular weight excluding hydrogens is 354 g/mol. The number of rotatable bonds is 5. The van der Waals surface area contributed by atoms with Crippen LogP contribution in [0.5, 0.6) is 0 Å². The lowest BCUT2D eigenvalue weighted by molar-refractivity contribution is -0.127. The lowest BCUT2D eigenvalue weighted by Gasteiger charge is -2.24. The van der Waals surface area contributed by atoms with Crippen LogP contribution >= 0.6 is 0 Å². The Morgan fingerprint density at radius 2 is 2.15 bits per heavy atom. The van der Waals surface area contributed by atoms with E-state index in [1.807, 2.05) is 6.20 Å². The van der Waals surface area contributed by atoms with Crippen molar-refractivity contribution < 1.29 is 24.0 Å². The Kier molecular flexibility index (Phi) is 5.29. The van der Waals surface area contributed by atoms with Crippen LogP contribution in [0.15, 0.2) is 30.6 Å². The number of amides is 2. The number of nitrogens with one attached hydrogen (secondary N) is 1. The molecule has 0 radical (unpaired) electrons. The van der Waals surface area contributed by atoms with E-state index in [4.69, 9.17) is 0 Å². The Labute approximate surface area is 155 Å². The second-order valence-electron chi connectivity index (χ2n) is 6.68. The van der Waals surface area contributed by atoms with E-state index < -0.39 is 18.8 Å². The van der Waals surface area contributed by atoms with Crippen LogP contribution in [0, 0.1) is 11.7 Å². The van der Waals surface area contributed by atoms with Crippen molar-refractivity contribution in [2.75, 3.05) is 13.6 Å². The molecular formula is C17H20BFN4O4. The number of hydrogen-bond acceptors (Lipinski definition) is 5. The Bertz CT molecular complexity index is 872. The van der Waals surface area contributed by atoms with Crippen LogP contribution in [-0.2, 0) is 11.8 Å². The van der Waals surface area contributed by atoms with Crippen molar-refractivity contribution in [3.8, 4) is 0 Å². The van der Waals surface area contributed by atoms with Gasteiger partial charge in [0.05, 0.1) is 17.8 Å². The molecule has 1 saturated heterocycles. The highest BCUT2D eigenvalue weighted by atomic mass is 19.1. The highest BCUT2D eigenvalue weighted by Gasteiger charge is 2.39. The van der Waals surface area contributed by atoms with E-state index in [1.165, 1.54) is 6.07 Å². The van der Waals surface area contributed by atoms with Crippen LogP contribution in [0.2, 0.25) is 0 Å². The van der Waals surface area contributed by atoms with Gasteiger partial charge in [-0.05, 0) is 17.6 Å². The van der Waals surface area contributed by atoms with Crippen LogP contribution in [0.1, 0.15) is 28.4 Å². The molecule has 2 aromatic rings. The molecule has 1 fully saturated rings. The second-order valence-corrected chi connectivity index (χ2v) is 6.68. The summed E-state index contributed by atoms with van der Waals surface area (Å²) in [7, 11) is 1.68.